The number of carbonyl (C=O) groups excluding carboxylic acids is 1. The molecule has 3 atom stereocenters. The number of hydrogen-bond acceptors (Lipinski definition) is 3. The lowest BCUT2D eigenvalue weighted by Crippen LogP contribution is -2.49. The Bertz CT molecular complexity index is 490. The summed E-state index contributed by atoms with van der Waals surface area (Å²) >= 11 is 0. The van der Waals surface area contributed by atoms with Crippen LogP contribution in [0, 0.1) is 0 Å². The van der Waals surface area contributed by atoms with Gasteiger partial charge in [0.2, 0.25) is 5.91 Å². The van der Waals surface area contributed by atoms with E-state index in [0.717, 1.165) is 32.5 Å². The van der Waals surface area contributed by atoms with Gasteiger partial charge in [0, 0.05) is 44.2 Å². The van der Waals surface area contributed by atoms with Crippen LogP contribution in [0.25, 0.3) is 0 Å². The molecule has 1 amide bonds. The Hall–Kier alpha value is -1.39. The molecule has 4 heteroatoms. The molecule has 2 saturated heterocycles. The van der Waals surface area contributed by atoms with Crippen LogP contribution < -0.4 is 5.73 Å². The van der Waals surface area contributed by atoms with Gasteiger partial charge in [0.1, 0.15) is 0 Å². The van der Waals surface area contributed by atoms with Crippen molar-refractivity contribution in [3.05, 3.63) is 35.9 Å². The zero-order valence-corrected chi connectivity index (χ0v) is 12.7. The maximum atomic E-state index is 12.0. The van der Waals surface area contributed by atoms with Crippen molar-refractivity contribution in [1.82, 2.24) is 9.80 Å². The molecule has 2 aliphatic heterocycles. The second-order valence-electron chi connectivity index (χ2n) is 6.49. The van der Waals surface area contributed by atoms with Crippen LogP contribution in [-0.4, -0.2) is 46.9 Å². The van der Waals surface area contributed by atoms with E-state index in [1.807, 2.05) is 4.90 Å². The van der Waals surface area contributed by atoms with Gasteiger partial charge >= 0.3 is 0 Å². The minimum atomic E-state index is 0.0372. The summed E-state index contributed by atoms with van der Waals surface area (Å²) in [5, 5.41) is 0. The maximum absolute atomic E-state index is 12.0. The predicted octanol–water partition coefficient (Wildman–Crippen LogP) is 1.60. The Morgan fingerprint density at radius 3 is 2.67 bits per heavy atom. The van der Waals surface area contributed by atoms with E-state index in [1.165, 1.54) is 5.56 Å². The van der Waals surface area contributed by atoms with Crippen molar-refractivity contribution in [3.8, 4) is 0 Å². The van der Waals surface area contributed by atoms with Crippen LogP contribution in [0.4, 0.5) is 0 Å². The molecule has 0 saturated carbocycles. The minimum Gasteiger partial charge on any atom is -0.338 e. The Morgan fingerprint density at radius 2 is 2.05 bits per heavy atom. The number of amides is 1. The first-order valence-corrected chi connectivity index (χ1v) is 7.96. The zero-order chi connectivity index (χ0) is 14.8. The second-order valence-corrected chi connectivity index (χ2v) is 6.49. The van der Waals surface area contributed by atoms with Crippen LogP contribution in [0.3, 0.4) is 0 Å². The number of likely N-dealkylation sites (tertiary alicyclic amines) is 2. The SMILES string of the molecule is CC1CC(N2CC(N)CC2=O)CCN1Cc1ccccc1. The van der Waals surface area contributed by atoms with E-state index in [2.05, 4.69) is 42.2 Å². The molecule has 1 aromatic rings. The van der Waals surface area contributed by atoms with E-state index in [-0.39, 0.29) is 11.9 Å². The molecule has 2 fully saturated rings. The maximum Gasteiger partial charge on any atom is 0.224 e. The second kappa shape index (κ2) is 6.16. The topological polar surface area (TPSA) is 49.6 Å². The van der Waals surface area contributed by atoms with Crippen molar-refractivity contribution in [2.75, 3.05) is 13.1 Å². The first-order valence-electron chi connectivity index (χ1n) is 7.96. The third-order valence-corrected chi connectivity index (χ3v) is 4.84. The van der Waals surface area contributed by atoms with Gasteiger partial charge in [-0.1, -0.05) is 30.3 Å². The van der Waals surface area contributed by atoms with Crippen LogP contribution in [0.1, 0.15) is 31.7 Å². The van der Waals surface area contributed by atoms with Gasteiger partial charge in [-0.2, -0.15) is 0 Å². The fourth-order valence-electron chi connectivity index (χ4n) is 3.65. The monoisotopic (exact) mass is 287 g/mol. The molecule has 3 unspecified atom stereocenters. The highest BCUT2D eigenvalue weighted by atomic mass is 16.2. The molecule has 21 heavy (non-hydrogen) atoms. The molecule has 0 aliphatic carbocycles. The van der Waals surface area contributed by atoms with Gasteiger partial charge in [-0.3, -0.25) is 9.69 Å². The van der Waals surface area contributed by atoms with E-state index in [0.29, 0.717) is 18.5 Å². The van der Waals surface area contributed by atoms with E-state index in [9.17, 15) is 4.79 Å². The highest BCUT2D eigenvalue weighted by Crippen LogP contribution is 2.26. The van der Waals surface area contributed by atoms with Gasteiger partial charge in [0.15, 0.2) is 0 Å². The highest BCUT2D eigenvalue weighted by molar-refractivity contribution is 5.79. The van der Waals surface area contributed by atoms with Crippen LogP contribution in [0.5, 0.6) is 0 Å². The third kappa shape index (κ3) is 3.27. The minimum absolute atomic E-state index is 0.0372. The Balaban J connectivity index is 1.58. The number of benzene rings is 1. The number of nitrogens with zero attached hydrogens (tertiary/aromatic N) is 2. The molecule has 4 nitrogen and oxygen atoms in total. The molecule has 0 bridgehead atoms. The van der Waals surface area contributed by atoms with E-state index < -0.39 is 0 Å². The van der Waals surface area contributed by atoms with Gasteiger partial charge in [-0.05, 0) is 25.3 Å². The van der Waals surface area contributed by atoms with Crippen molar-refractivity contribution < 1.29 is 4.79 Å². The quantitative estimate of drug-likeness (QED) is 0.918. The van der Waals surface area contributed by atoms with Crippen molar-refractivity contribution in [2.45, 2.75) is 50.9 Å². The summed E-state index contributed by atoms with van der Waals surface area (Å²) in [5.41, 5.74) is 7.28. The summed E-state index contributed by atoms with van der Waals surface area (Å²) < 4.78 is 0. The number of hydrogen-bond donors (Lipinski definition) is 1. The fourth-order valence-corrected chi connectivity index (χ4v) is 3.65. The van der Waals surface area contributed by atoms with Crippen molar-refractivity contribution >= 4 is 5.91 Å². The third-order valence-electron chi connectivity index (χ3n) is 4.84. The first-order chi connectivity index (χ1) is 10.1. The van der Waals surface area contributed by atoms with Gasteiger partial charge in [0.05, 0.1) is 0 Å². The zero-order valence-electron chi connectivity index (χ0n) is 12.7. The van der Waals surface area contributed by atoms with Gasteiger partial charge in [0.25, 0.3) is 0 Å². The molecular weight excluding hydrogens is 262 g/mol. The average molecular weight is 287 g/mol. The molecule has 2 N–H and O–H groups in total. The molecule has 1 aromatic carbocycles. The van der Waals surface area contributed by atoms with Gasteiger partial charge < -0.3 is 10.6 Å². The average Bonchev–Trinajstić information content (AvgIpc) is 2.81. The number of rotatable bonds is 3. The molecule has 0 radical (unpaired) electrons. The smallest absolute Gasteiger partial charge is 0.224 e. The largest absolute Gasteiger partial charge is 0.338 e. The van der Waals surface area contributed by atoms with Gasteiger partial charge in [-0.25, -0.2) is 0 Å². The molecule has 0 spiro atoms. The highest BCUT2D eigenvalue weighted by Gasteiger charge is 2.36. The van der Waals surface area contributed by atoms with Crippen molar-refractivity contribution in [3.63, 3.8) is 0 Å². The van der Waals surface area contributed by atoms with E-state index in [4.69, 9.17) is 5.73 Å². The molecular formula is C17H25N3O. The van der Waals surface area contributed by atoms with Crippen LogP contribution in [0.2, 0.25) is 0 Å². The predicted molar refractivity (Wildman–Crippen MR) is 83.6 cm³/mol. The van der Waals surface area contributed by atoms with E-state index in [1.54, 1.807) is 0 Å². The number of carbonyl (C=O) groups is 1. The Kier molecular flexibility index (Phi) is 4.27. The van der Waals surface area contributed by atoms with Crippen LogP contribution in [-0.2, 0) is 11.3 Å². The lowest BCUT2D eigenvalue weighted by Gasteiger charge is -2.41. The van der Waals surface area contributed by atoms with Gasteiger partial charge in [-0.15, -0.1) is 0 Å². The summed E-state index contributed by atoms with van der Waals surface area (Å²) in [5.74, 6) is 0.246. The first kappa shape index (κ1) is 14.5. The fraction of sp³-hybridized carbons (Fsp3) is 0.588. The Morgan fingerprint density at radius 1 is 1.29 bits per heavy atom. The van der Waals surface area contributed by atoms with Crippen LogP contribution in [0.15, 0.2) is 30.3 Å². The molecule has 0 aromatic heterocycles. The van der Waals surface area contributed by atoms with Crippen molar-refractivity contribution in [2.24, 2.45) is 5.73 Å². The molecule has 2 heterocycles. The molecule has 3 rings (SSSR count). The standard InChI is InChI=1S/C17H25N3O/c1-13-9-16(20-12-15(18)10-17(20)21)7-8-19(13)11-14-5-3-2-4-6-14/h2-6,13,15-16H,7-12,18H2,1H3. The normalized spacial score (nSPS) is 30.9. The number of piperidine rings is 1. The summed E-state index contributed by atoms with van der Waals surface area (Å²) in [6, 6.07) is 11.5. The summed E-state index contributed by atoms with van der Waals surface area (Å²) in [4.78, 5) is 16.5. The summed E-state index contributed by atoms with van der Waals surface area (Å²) in [6.45, 7) is 5.08. The Labute approximate surface area is 126 Å². The molecule has 2 aliphatic rings. The van der Waals surface area contributed by atoms with Crippen LogP contribution >= 0.6 is 0 Å². The lowest BCUT2D eigenvalue weighted by atomic mass is 9.96. The number of nitrogens with two attached hydrogens (primary N) is 1. The summed E-state index contributed by atoms with van der Waals surface area (Å²) in [6.07, 6.45) is 2.65. The van der Waals surface area contributed by atoms with Crippen molar-refractivity contribution in [1.29, 1.82) is 0 Å². The molecule has 114 valence electrons. The summed E-state index contributed by atoms with van der Waals surface area (Å²) in [7, 11) is 0. The lowest BCUT2D eigenvalue weighted by molar-refractivity contribution is -0.130. The van der Waals surface area contributed by atoms with E-state index >= 15 is 0 Å².